The largest absolute Gasteiger partial charge is 0.446 e. The maximum absolute atomic E-state index is 12.2. The molecule has 120 valence electrons. The molecular formula is C15H22F3NOS. The molecule has 0 spiro atoms. The van der Waals surface area contributed by atoms with Crippen LogP contribution in [0.2, 0.25) is 0 Å². The number of hydrogen-bond acceptors (Lipinski definition) is 3. The maximum Gasteiger partial charge on any atom is 0.446 e. The molecule has 1 aromatic rings. The Balaban J connectivity index is 2.15. The molecule has 1 N–H and O–H groups in total. The molecule has 0 saturated carbocycles. The number of ether oxygens (including phenoxy) is 1. The molecule has 1 rings (SSSR count). The zero-order valence-corrected chi connectivity index (χ0v) is 13.2. The number of benzene rings is 1. The zero-order chi connectivity index (χ0) is 15.7. The number of rotatable bonds is 9. The summed E-state index contributed by atoms with van der Waals surface area (Å²) >= 11 is -0.0913. The molecule has 0 amide bonds. The van der Waals surface area contributed by atoms with Crippen LogP contribution in [0.1, 0.15) is 25.8 Å². The summed E-state index contributed by atoms with van der Waals surface area (Å²) in [5.41, 5.74) is -3.27. The second kappa shape index (κ2) is 9.33. The molecule has 0 fully saturated rings. The van der Waals surface area contributed by atoms with Crippen LogP contribution in [0, 0.1) is 5.92 Å². The van der Waals surface area contributed by atoms with Gasteiger partial charge in [-0.2, -0.15) is 13.2 Å². The summed E-state index contributed by atoms with van der Waals surface area (Å²) in [7, 11) is 0. The SMILES string of the molecule is CC(C)CCOCCNCc1ccc(SC(F)(F)F)cc1. The third kappa shape index (κ3) is 9.77. The summed E-state index contributed by atoms with van der Waals surface area (Å²) in [6.07, 6.45) is 1.05. The van der Waals surface area contributed by atoms with Gasteiger partial charge in [-0.05, 0) is 41.8 Å². The monoisotopic (exact) mass is 321 g/mol. The first-order valence-corrected chi connectivity index (χ1v) is 7.81. The van der Waals surface area contributed by atoms with Crippen molar-refractivity contribution in [3.05, 3.63) is 29.8 Å². The molecular weight excluding hydrogens is 299 g/mol. The standard InChI is InChI=1S/C15H22F3NOS/c1-12(2)7-9-20-10-8-19-11-13-3-5-14(6-4-13)21-15(16,17)18/h3-6,12,19H,7-11H2,1-2H3. The smallest absolute Gasteiger partial charge is 0.380 e. The Hall–Kier alpha value is -0.720. The van der Waals surface area contributed by atoms with Gasteiger partial charge in [-0.1, -0.05) is 26.0 Å². The van der Waals surface area contributed by atoms with Crippen molar-refractivity contribution in [1.82, 2.24) is 5.32 Å². The Kier molecular flexibility index (Phi) is 8.14. The molecule has 0 bridgehead atoms. The lowest BCUT2D eigenvalue weighted by atomic mass is 10.1. The summed E-state index contributed by atoms with van der Waals surface area (Å²) in [5, 5.41) is 3.20. The lowest BCUT2D eigenvalue weighted by Gasteiger charge is -2.09. The van der Waals surface area contributed by atoms with Crippen LogP contribution in [-0.4, -0.2) is 25.3 Å². The quantitative estimate of drug-likeness (QED) is 0.536. The Labute approximate surface area is 128 Å². The molecule has 0 aliphatic heterocycles. The lowest BCUT2D eigenvalue weighted by Crippen LogP contribution is -2.19. The Morgan fingerprint density at radius 2 is 1.81 bits per heavy atom. The van der Waals surface area contributed by atoms with Gasteiger partial charge in [0, 0.05) is 24.6 Å². The fraction of sp³-hybridized carbons (Fsp3) is 0.600. The van der Waals surface area contributed by atoms with E-state index in [4.69, 9.17) is 4.74 Å². The summed E-state index contributed by atoms with van der Waals surface area (Å²) < 4.78 is 42.0. The first-order valence-electron chi connectivity index (χ1n) is 7.00. The fourth-order valence-electron chi connectivity index (χ4n) is 1.61. The van der Waals surface area contributed by atoms with E-state index in [1.54, 1.807) is 12.1 Å². The topological polar surface area (TPSA) is 21.3 Å². The zero-order valence-electron chi connectivity index (χ0n) is 12.4. The van der Waals surface area contributed by atoms with Crippen molar-refractivity contribution in [2.45, 2.75) is 37.2 Å². The van der Waals surface area contributed by atoms with Crippen molar-refractivity contribution in [2.24, 2.45) is 5.92 Å². The van der Waals surface area contributed by atoms with Crippen molar-refractivity contribution < 1.29 is 17.9 Å². The summed E-state index contributed by atoms with van der Waals surface area (Å²) in [6, 6.07) is 6.41. The van der Waals surface area contributed by atoms with E-state index in [9.17, 15) is 13.2 Å². The number of alkyl halides is 3. The normalized spacial score (nSPS) is 12.1. The summed E-state index contributed by atoms with van der Waals surface area (Å²) in [4.78, 5) is 0.211. The molecule has 0 aliphatic carbocycles. The Bertz CT molecular complexity index is 393. The van der Waals surface area contributed by atoms with Crippen molar-refractivity contribution in [1.29, 1.82) is 0 Å². The van der Waals surface area contributed by atoms with E-state index in [1.807, 2.05) is 0 Å². The fourth-order valence-corrected chi connectivity index (χ4v) is 2.15. The van der Waals surface area contributed by atoms with Gasteiger partial charge >= 0.3 is 5.51 Å². The van der Waals surface area contributed by atoms with E-state index < -0.39 is 5.51 Å². The third-order valence-electron chi connectivity index (χ3n) is 2.75. The van der Waals surface area contributed by atoms with Gasteiger partial charge in [0.05, 0.1) is 6.61 Å². The molecule has 0 saturated heterocycles. The molecule has 0 aromatic heterocycles. The molecule has 0 aliphatic rings. The number of hydrogen-bond donors (Lipinski definition) is 1. The first kappa shape index (κ1) is 18.3. The summed E-state index contributed by atoms with van der Waals surface area (Å²) in [5.74, 6) is 0.644. The van der Waals surface area contributed by atoms with Crippen molar-refractivity contribution in [3.8, 4) is 0 Å². The van der Waals surface area contributed by atoms with E-state index in [2.05, 4.69) is 19.2 Å². The lowest BCUT2D eigenvalue weighted by molar-refractivity contribution is -0.0328. The van der Waals surface area contributed by atoms with Gasteiger partial charge in [0.25, 0.3) is 0 Å². The van der Waals surface area contributed by atoms with Crippen LogP contribution in [0.4, 0.5) is 13.2 Å². The van der Waals surface area contributed by atoms with Gasteiger partial charge in [0.1, 0.15) is 0 Å². The van der Waals surface area contributed by atoms with Gasteiger partial charge < -0.3 is 10.1 Å². The van der Waals surface area contributed by atoms with Gasteiger partial charge in [-0.15, -0.1) is 0 Å². The third-order valence-corrected chi connectivity index (χ3v) is 3.49. The predicted octanol–water partition coefficient (Wildman–Crippen LogP) is 4.45. The Morgan fingerprint density at radius 3 is 2.38 bits per heavy atom. The number of halogens is 3. The minimum absolute atomic E-state index is 0.0913. The van der Waals surface area contributed by atoms with E-state index in [-0.39, 0.29) is 16.7 Å². The van der Waals surface area contributed by atoms with Gasteiger partial charge in [0.15, 0.2) is 0 Å². The molecule has 0 heterocycles. The van der Waals surface area contributed by atoms with E-state index in [0.717, 1.165) is 25.1 Å². The van der Waals surface area contributed by atoms with Crippen LogP contribution >= 0.6 is 11.8 Å². The highest BCUT2D eigenvalue weighted by atomic mass is 32.2. The molecule has 0 atom stereocenters. The highest BCUT2D eigenvalue weighted by Gasteiger charge is 2.28. The van der Waals surface area contributed by atoms with Crippen LogP contribution in [-0.2, 0) is 11.3 Å². The van der Waals surface area contributed by atoms with E-state index in [0.29, 0.717) is 19.1 Å². The minimum Gasteiger partial charge on any atom is -0.380 e. The predicted molar refractivity (Wildman–Crippen MR) is 80.3 cm³/mol. The van der Waals surface area contributed by atoms with Gasteiger partial charge in [0.2, 0.25) is 0 Å². The van der Waals surface area contributed by atoms with Crippen LogP contribution in [0.3, 0.4) is 0 Å². The second-order valence-corrected chi connectivity index (χ2v) is 6.30. The van der Waals surface area contributed by atoms with E-state index in [1.165, 1.54) is 12.1 Å². The maximum atomic E-state index is 12.2. The summed E-state index contributed by atoms with van der Waals surface area (Å²) in [6.45, 7) is 7.09. The molecule has 6 heteroatoms. The average molecular weight is 321 g/mol. The molecule has 0 unspecified atom stereocenters. The molecule has 0 radical (unpaired) electrons. The molecule has 1 aromatic carbocycles. The highest BCUT2D eigenvalue weighted by molar-refractivity contribution is 8.00. The first-order chi connectivity index (χ1) is 9.87. The minimum atomic E-state index is -4.23. The second-order valence-electron chi connectivity index (χ2n) is 5.16. The van der Waals surface area contributed by atoms with Crippen LogP contribution in [0.5, 0.6) is 0 Å². The number of nitrogens with one attached hydrogen (secondary N) is 1. The van der Waals surface area contributed by atoms with Crippen LogP contribution < -0.4 is 5.32 Å². The van der Waals surface area contributed by atoms with Crippen molar-refractivity contribution in [2.75, 3.05) is 19.8 Å². The van der Waals surface area contributed by atoms with Crippen LogP contribution in [0.15, 0.2) is 29.2 Å². The Morgan fingerprint density at radius 1 is 1.14 bits per heavy atom. The van der Waals surface area contributed by atoms with Crippen molar-refractivity contribution in [3.63, 3.8) is 0 Å². The number of thioether (sulfide) groups is 1. The molecule has 2 nitrogen and oxygen atoms in total. The van der Waals surface area contributed by atoms with Crippen LogP contribution in [0.25, 0.3) is 0 Å². The van der Waals surface area contributed by atoms with Gasteiger partial charge in [-0.3, -0.25) is 0 Å². The molecule has 21 heavy (non-hydrogen) atoms. The van der Waals surface area contributed by atoms with Gasteiger partial charge in [-0.25, -0.2) is 0 Å². The average Bonchev–Trinajstić information content (AvgIpc) is 2.37. The van der Waals surface area contributed by atoms with Crippen molar-refractivity contribution >= 4 is 11.8 Å². The van der Waals surface area contributed by atoms with E-state index >= 15 is 0 Å². The highest BCUT2D eigenvalue weighted by Crippen LogP contribution is 2.36.